The maximum atomic E-state index is 7.42. The number of nitrogen functional groups attached to an aromatic ring is 1. The Hall–Kier alpha value is -1.62. The zero-order valence-electron chi connectivity index (χ0n) is 10.9. The van der Waals surface area contributed by atoms with Crippen LogP contribution >= 0.6 is 0 Å². The SMILES string of the molecule is CCCN1CCN(c2cccc(C(=N)N)n2)CC1. The summed E-state index contributed by atoms with van der Waals surface area (Å²) in [6, 6.07) is 5.68. The fourth-order valence-electron chi connectivity index (χ4n) is 2.27. The lowest BCUT2D eigenvalue weighted by molar-refractivity contribution is 0.258. The summed E-state index contributed by atoms with van der Waals surface area (Å²) in [5.74, 6) is 0.959. The molecule has 2 heterocycles. The first kappa shape index (κ1) is 12.8. The van der Waals surface area contributed by atoms with Gasteiger partial charge in [-0.3, -0.25) is 10.3 Å². The Bertz CT molecular complexity index is 410. The third kappa shape index (κ3) is 2.98. The first-order valence-corrected chi connectivity index (χ1v) is 6.49. The molecule has 0 spiro atoms. The van der Waals surface area contributed by atoms with Crippen molar-refractivity contribution in [2.45, 2.75) is 13.3 Å². The molecular weight excluding hydrogens is 226 g/mol. The number of hydrogen-bond donors (Lipinski definition) is 2. The summed E-state index contributed by atoms with van der Waals surface area (Å²) in [4.78, 5) is 9.16. The molecule has 0 amide bonds. The molecule has 0 atom stereocenters. The molecule has 5 heteroatoms. The first-order chi connectivity index (χ1) is 8.70. The van der Waals surface area contributed by atoms with Crippen molar-refractivity contribution in [1.82, 2.24) is 9.88 Å². The van der Waals surface area contributed by atoms with Crippen LogP contribution in [-0.4, -0.2) is 48.4 Å². The fraction of sp³-hybridized carbons (Fsp3) is 0.538. The van der Waals surface area contributed by atoms with Crippen molar-refractivity contribution < 1.29 is 0 Å². The summed E-state index contributed by atoms with van der Waals surface area (Å²) in [7, 11) is 0. The second-order valence-corrected chi connectivity index (χ2v) is 4.62. The molecule has 2 rings (SSSR count). The molecule has 18 heavy (non-hydrogen) atoms. The van der Waals surface area contributed by atoms with E-state index in [-0.39, 0.29) is 5.84 Å². The zero-order valence-corrected chi connectivity index (χ0v) is 10.9. The van der Waals surface area contributed by atoms with Crippen LogP contribution in [0.5, 0.6) is 0 Å². The minimum atomic E-state index is 0.0291. The molecule has 0 aromatic carbocycles. The van der Waals surface area contributed by atoms with Crippen molar-refractivity contribution >= 4 is 11.7 Å². The number of rotatable bonds is 4. The van der Waals surface area contributed by atoms with Crippen LogP contribution in [0.25, 0.3) is 0 Å². The number of piperazine rings is 1. The topological polar surface area (TPSA) is 69.2 Å². The summed E-state index contributed by atoms with van der Waals surface area (Å²) in [5, 5.41) is 7.42. The quantitative estimate of drug-likeness (QED) is 0.612. The van der Waals surface area contributed by atoms with Gasteiger partial charge in [-0.2, -0.15) is 0 Å². The van der Waals surface area contributed by atoms with Gasteiger partial charge in [0.05, 0.1) is 0 Å². The largest absolute Gasteiger partial charge is 0.382 e. The van der Waals surface area contributed by atoms with E-state index in [4.69, 9.17) is 11.1 Å². The monoisotopic (exact) mass is 247 g/mol. The van der Waals surface area contributed by atoms with Crippen LogP contribution < -0.4 is 10.6 Å². The van der Waals surface area contributed by atoms with Gasteiger partial charge in [0, 0.05) is 26.2 Å². The Balaban J connectivity index is 2.01. The number of pyridine rings is 1. The summed E-state index contributed by atoms with van der Waals surface area (Å²) in [6.07, 6.45) is 1.21. The molecule has 5 nitrogen and oxygen atoms in total. The summed E-state index contributed by atoms with van der Waals surface area (Å²) in [6.45, 7) is 7.54. The number of amidine groups is 1. The van der Waals surface area contributed by atoms with Crippen LogP contribution in [0.15, 0.2) is 18.2 Å². The maximum Gasteiger partial charge on any atom is 0.141 e. The highest BCUT2D eigenvalue weighted by Gasteiger charge is 2.17. The Morgan fingerprint density at radius 2 is 2.06 bits per heavy atom. The molecule has 3 N–H and O–H groups in total. The van der Waals surface area contributed by atoms with E-state index in [2.05, 4.69) is 21.7 Å². The third-order valence-corrected chi connectivity index (χ3v) is 3.25. The number of nitrogens with zero attached hydrogens (tertiary/aromatic N) is 3. The summed E-state index contributed by atoms with van der Waals surface area (Å²) >= 11 is 0. The van der Waals surface area contributed by atoms with E-state index < -0.39 is 0 Å². The Morgan fingerprint density at radius 3 is 2.67 bits per heavy atom. The van der Waals surface area contributed by atoms with Gasteiger partial charge in [-0.25, -0.2) is 4.98 Å². The van der Waals surface area contributed by atoms with E-state index in [1.54, 1.807) is 6.07 Å². The molecule has 1 fully saturated rings. The highest BCUT2D eigenvalue weighted by atomic mass is 15.3. The zero-order chi connectivity index (χ0) is 13.0. The molecular formula is C13H21N5. The summed E-state index contributed by atoms with van der Waals surface area (Å²) < 4.78 is 0. The van der Waals surface area contributed by atoms with E-state index in [0.29, 0.717) is 5.69 Å². The average Bonchev–Trinajstić information content (AvgIpc) is 2.40. The number of aromatic nitrogens is 1. The van der Waals surface area contributed by atoms with Gasteiger partial charge in [-0.15, -0.1) is 0 Å². The lowest BCUT2D eigenvalue weighted by atomic mass is 10.2. The van der Waals surface area contributed by atoms with Crippen molar-refractivity contribution in [1.29, 1.82) is 5.41 Å². The van der Waals surface area contributed by atoms with Crippen LogP contribution in [0.1, 0.15) is 19.0 Å². The molecule has 1 saturated heterocycles. The minimum absolute atomic E-state index is 0.0291. The van der Waals surface area contributed by atoms with Gasteiger partial charge in [-0.05, 0) is 25.1 Å². The number of nitrogens with two attached hydrogens (primary N) is 1. The Labute approximate surface area is 108 Å². The smallest absolute Gasteiger partial charge is 0.141 e. The lowest BCUT2D eigenvalue weighted by Gasteiger charge is -2.35. The van der Waals surface area contributed by atoms with Gasteiger partial charge in [0.1, 0.15) is 17.3 Å². The maximum absolute atomic E-state index is 7.42. The number of nitrogens with one attached hydrogen (secondary N) is 1. The Morgan fingerprint density at radius 1 is 1.33 bits per heavy atom. The predicted molar refractivity (Wildman–Crippen MR) is 74.2 cm³/mol. The lowest BCUT2D eigenvalue weighted by Crippen LogP contribution is -2.46. The third-order valence-electron chi connectivity index (χ3n) is 3.25. The fourth-order valence-corrected chi connectivity index (χ4v) is 2.27. The summed E-state index contributed by atoms with van der Waals surface area (Å²) in [5.41, 5.74) is 6.03. The highest BCUT2D eigenvalue weighted by Crippen LogP contribution is 2.14. The number of hydrogen-bond acceptors (Lipinski definition) is 4. The van der Waals surface area contributed by atoms with Crippen LogP contribution in [-0.2, 0) is 0 Å². The first-order valence-electron chi connectivity index (χ1n) is 6.49. The molecule has 0 bridgehead atoms. The highest BCUT2D eigenvalue weighted by molar-refractivity contribution is 5.93. The second kappa shape index (κ2) is 5.82. The van der Waals surface area contributed by atoms with Gasteiger partial charge < -0.3 is 10.6 Å². The Kier molecular flexibility index (Phi) is 4.15. The molecule has 0 saturated carbocycles. The van der Waals surface area contributed by atoms with E-state index in [9.17, 15) is 0 Å². The van der Waals surface area contributed by atoms with E-state index >= 15 is 0 Å². The van der Waals surface area contributed by atoms with Gasteiger partial charge in [0.15, 0.2) is 0 Å². The molecule has 0 aliphatic carbocycles. The van der Waals surface area contributed by atoms with Crippen LogP contribution in [0.3, 0.4) is 0 Å². The van der Waals surface area contributed by atoms with Crippen LogP contribution in [0.4, 0.5) is 5.82 Å². The molecule has 1 aromatic heterocycles. The molecule has 0 radical (unpaired) electrons. The van der Waals surface area contributed by atoms with Crippen LogP contribution in [0, 0.1) is 5.41 Å². The van der Waals surface area contributed by atoms with Crippen molar-refractivity contribution in [2.75, 3.05) is 37.6 Å². The molecule has 0 unspecified atom stereocenters. The van der Waals surface area contributed by atoms with Crippen molar-refractivity contribution in [3.8, 4) is 0 Å². The van der Waals surface area contributed by atoms with Crippen molar-refractivity contribution in [3.63, 3.8) is 0 Å². The number of anilines is 1. The van der Waals surface area contributed by atoms with Crippen LogP contribution in [0.2, 0.25) is 0 Å². The molecule has 1 aliphatic rings. The average molecular weight is 247 g/mol. The standard InChI is InChI=1S/C13H21N5/c1-2-6-17-7-9-18(10-8-17)12-5-3-4-11(16-12)13(14)15/h3-5H,2,6-10H2,1H3,(H3,14,15). The van der Waals surface area contributed by atoms with Gasteiger partial charge >= 0.3 is 0 Å². The minimum Gasteiger partial charge on any atom is -0.382 e. The molecule has 1 aliphatic heterocycles. The van der Waals surface area contributed by atoms with Crippen molar-refractivity contribution in [2.24, 2.45) is 5.73 Å². The van der Waals surface area contributed by atoms with E-state index in [1.165, 1.54) is 13.0 Å². The molecule has 98 valence electrons. The second-order valence-electron chi connectivity index (χ2n) is 4.62. The van der Waals surface area contributed by atoms with Gasteiger partial charge in [0.25, 0.3) is 0 Å². The van der Waals surface area contributed by atoms with E-state index in [1.807, 2.05) is 12.1 Å². The van der Waals surface area contributed by atoms with E-state index in [0.717, 1.165) is 32.0 Å². The molecule has 1 aromatic rings. The predicted octanol–water partition coefficient (Wildman–Crippen LogP) is 0.898. The van der Waals surface area contributed by atoms with Crippen molar-refractivity contribution in [3.05, 3.63) is 23.9 Å². The normalized spacial score (nSPS) is 16.8. The van der Waals surface area contributed by atoms with Gasteiger partial charge in [0.2, 0.25) is 0 Å². The van der Waals surface area contributed by atoms with Gasteiger partial charge in [-0.1, -0.05) is 13.0 Å².